The first-order valence-electron chi connectivity index (χ1n) is 7.81. The maximum Gasteiger partial charge on any atom is 0.237 e. The second-order valence-corrected chi connectivity index (χ2v) is 6.51. The third-order valence-corrected chi connectivity index (χ3v) is 4.84. The molecule has 0 bridgehead atoms. The molecular formula is C16H19N5O2S. The molecule has 0 spiro atoms. The number of thioether (sulfide) groups is 1. The van der Waals surface area contributed by atoms with Crippen molar-refractivity contribution in [2.45, 2.75) is 38.0 Å². The van der Waals surface area contributed by atoms with Gasteiger partial charge in [-0.05, 0) is 26.0 Å². The third kappa shape index (κ3) is 3.28. The molecule has 2 aromatic rings. The Bertz CT molecular complexity index is 760. The maximum absolute atomic E-state index is 12.8. The molecule has 7 nitrogen and oxygen atoms in total. The number of aromatic nitrogens is 3. The highest BCUT2D eigenvalue weighted by Crippen LogP contribution is 2.32. The Labute approximate surface area is 144 Å². The van der Waals surface area contributed by atoms with Crippen LogP contribution in [0.25, 0.3) is 0 Å². The van der Waals surface area contributed by atoms with E-state index in [1.54, 1.807) is 11.2 Å². The minimum absolute atomic E-state index is 0.0536. The first-order valence-corrected chi connectivity index (χ1v) is 8.80. The van der Waals surface area contributed by atoms with Crippen LogP contribution in [0.3, 0.4) is 0 Å². The number of nitrogens with one attached hydrogen (secondary N) is 1. The Hall–Kier alpha value is -2.35. The number of carbonyl (C=O) groups excluding carboxylic acids is 2. The fourth-order valence-corrected chi connectivity index (χ4v) is 3.58. The van der Waals surface area contributed by atoms with E-state index in [4.69, 9.17) is 0 Å². The van der Waals surface area contributed by atoms with E-state index in [1.165, 1.54) is 11.8 Å². The number of benzene rings is 1. The van der Waals surface area contributed by atoms with Crippen LogP contribution in [0.4, 0.5) is 11.4 Å². The lowest BCUT2D eigenvalue weighted by Crippen LogP contribution is -2.40. The van der Waals surface area contributed by atoms with Gasteiger partial charge < -0.3 is 14.8 Å². The summed E-state index contributed by atoms with van der Waals surface area (Å²) in [7, 11) is 0. The van der Waals surface area contributed by atoms with Gasteiger partial charge >= 0.3 is 0 Å². The molecule has 0 saturated carbocycles. The van der Waals surface area contributed by atoms with Crippen molar-refractivity contribution in [3.63, 3.8) is 0 Å². The molecule has 0 aliphatic carbocycles. The van der Waals surface area contributed by atoms with Crippen LogP contribution in [0.1, 0.15) is 20.3 Å². The number of amides is 2. The van der Waals surface area contributed by atoms with E-state index in [-0.39, 0.29) is 30.0 Å². The lowest BCUT2D eigenvalue weighted by molar-refractivity contribution is -0.117. The predicted molar refractivity (Wildman–Crippen MR) is 93.1 cm³/mol. The zero-order chi connectivity index (χ0) is 17.1. The number of carbonyl (C=O) groups is 2. The standard InChI is InChI=1S/C16H19N5O2S/c1-3-20-10-17-19-16(20)24-9-15(23)21-11(2)8-14(22)18-12-6-4-5-7-13(12)21/h4-7,10-11H,3,8-9H2,1-2H3,(H,18,22)/t11-/m0/s1. The van der Waals surface area contributed by atoms with Crippen LogP contribution in [0, 0.1) is 0 Å². The number of rotatable bonds is 4. The van der Waals surface area contributed by atoms with Gasteiger partial charge in [0.2, 0.25) is 11.8 Å². The Morgan fingerprint density at radius 1 is 1.42 bits per heavy atom. The lowest BCUT2D eigenvalue weighted by atomic mass is 10.2. The SMILES string of the molecule is CCn1cnnc1SCC(=O)N1c2ccccc2NC(=O)C[C@@H]1C. The Morgan fingerprint density at radius 2 is 2.21 bits per heavy atom. The van der Waals surface area contributed by atoms with E-state index < -0.39 is 0 Å². The van der Waals surface area contributed by atoms with Crippen molar-refractivity contribution in [2.24, 2.45) is 0 Å². The summed E-state index contributed by atoms with van der Waals surface area (Å²) in [6.07, 6.45) is 1.93. The van der Waals surface area contributed by atoms with E-state index in [0.717, 1.165) is 17.4 Å². The molecule has 24 heavy (non-hydrogen) atoms. The minimum atomic E-state index is -0.203. The molecule has 126 valence electrons. The van der Waals surface area contributed by atoms with E-state index in [0.29, 0.717) is 5.69 Å². The second-order valence-electron chi connectivity index (χ2n) is 5.57. The number of nitrogens with zero attached hydrogens (tertiary/aromatic N) is 4. The maximum atomic E-state index is 12.8. The summed E-state index contributed by atoms with van der Waals surface area (Å²) >= 11 is 1.36. The van der Waals surface area contributed by atoms with Gasteiger partial charge in [0.15, 0.2) is 5.16 Å². The summed E-state index contributed by atoms with van der Waals surface area (Å²) in [5, 5.41) is 11.5. The molecule has 1 aromatic carbocycles. The van der Waals surface area contributed by atoms with Gasteiger partial charge in [-0.2, -0.15) is 0 Å². The molecule has 0 radical (unpaired) electrons. The van der Waals surface area contributed by atoms with Crippen LogP contribution in [0.15, 0.2) is 35.7 Å². The highest BCUT2D eigenvalue weighted by molar-refractivity contribution is 7.99. The molecule has 1 aliphatic heterocycles. The van der Waals surface area contributed by atoms with Gasteiger partial charge in [-0.3, -0.25) is 9.59 Å². The van der Waals surface area contributed by atoms with Crippen LogP contribution in [-0.4, -0.2) is 38.4 Å². The van der Waals surface area contributed by atoms with Crippen LogP contribution in [-0.2, 0) is 16.1 Å². The highest BCUT2D eigenvalue weighted by Gasteiger charge is 2.29. The number of anilines is 2. The van der Waals surface area contributed by atoms with Gasteiger partial charge in [-0.1, -0.05) is 23.9 Å². The topological polar surface area (TPSA) is 80.1 Å². The minimum Gasteiger partial charge on any atom is -0.324 e. The summed E-state index contributed by atoms with van der Waals surface area (Å²) in [6, 6.07) is 7.17. The molecule has 3 rings (SSSR count). The van der Waals surface area contributed by atoms with Crippen molar-refractivity contribution < 1.29 is 9.59 Å². The first-order chi connectivity index (χ1) is 11.6. The van der Waals surface area contributed by atoms with Crippen LogP contribution < -0.4 is 10.2 Å². The van der Waals surface area contributed by atoms with Crippen LogP contribution in [0.2, 0.25) is 0 Å². The molecule has 8 heteroatoms. The Kier molecular flexibility index (Phi) is 4.84. The van der Waals surface area contributed by atoms with Gasteiger partial charge in [0.25, 0.3) is 0 Å². The number of para-hydroxylation sites is 2. The first kappa shape index (κ1) is 16.5. The van der Waals surface area contributed by atoms with Gasteiger partial charge in [-0.15, -0.1) is 10.2 Å². The molecule has 0 fully saturated rings. The molecule has 1 aromatic heterocycles. The van der Waals surface area contributed by atoms with Gasteiger partial charge in [0, 0.05) is 19.0 Å². The monoisotopic (exact) mass is 345 g/mol. The van der Waals surface area contributed by atoms with Gasteiger partial charge in [0.05, 0.1) is 17.1 Å². The predicted octanol–water partition coefficient (Wildman–Crippen LogP) is 2.15. The average molecular weight is 345 g/mol. The molecule has 2 heterocycles. The fourth-order valence-electron chi connectivity index (χ4n) is 2.74. The largest absolute Gasteiger partial charge is 0.324 e. The quantitative estimate of drug-likeness (QED) is 0.859. The van der Waals surface area contributed by atoms with Crippen molar-refractivity contribution in [3.05, 3.63) is 30.6 Å². The number of hydrogen-bond donors (Lipinski definition) is 1. The Balaban J connectivity index is 1.81. The zero-order valence-corrected chi connectivity index (χ0v) is 14.4. The summed E-state index contributed by atoms with van der Waals surface area (Å²) in [6.45, 7) is 4.64. The lowest BCUT2D eigenvalue weighted by Gasteiger charge is -2.27. The molecular weight excluding hydrogens is 326 g/mol. The van der Waals surface area contributed by atoms with Crippen molar-refractivity contribution >= 4 is 35.0 Å². The van der Waals surface area contributed by atoms with Crippen LogP contribution >= 0.6 is 11.8 Å². The second kappa shape index (κ2) is 7.04. The molecule has 1 atom stereocenters. The summed E-state index contributed by atoms with van der Waals surface area (Å²) in [5.74, 6) is 0.108. The van der Waals surface area contributed by atoms with Crippen molar-refractivity contribution in [1.29, 1.82) is 0 Å². The molecule has 1 N–H and O–H groups in total. The highest BCUT2D eigenvalue weighted by atomic mass is 32.2. The third-order valence-electron chi connectivity index (χ3n) is 3.87. The molecule has 0 unspecified atom stereocenters. The van der Waals surface area contributed by atoms with E-state index in [9.17, 15) is 9.59 Å². The molecule has 0 saturated heterocycles. The fraction of sp³-hybridized carbons (Fsp3) is 0.375. The number of aryl methyl sites for hydroxylation is 1. The molecule has 2 amide bonds. The van der Waals surface area contributed by atoms with Crippen molar-refractivity contribution in [2.75, 3.05) is 16.0 Å². The van der Waals surface area contributed by atoms with E-state index in [2.05, 4.69) is 15.5 Å². The van der Waals surface area contributed by atoms with Gasteiger partial charge in [-0.25, -0.2) is 0 Å². The normalized spacial score (nSPS) is 17.2. The van der Waals surface area contributed by atoms with Crippen molar-refractivity contribution in [3.8, 4) is 0 Å². The summed E-state index contributed by atoms with van der Waals surface area (Å²) < 4.78 is 1.89. The van der Waals surface area contributed by atoms with Crippen molar-refractivity contribution in [1.82, 2.24) is 14.8 Å². The smallest absolute Gasteiger partial charge is 0.237 e. The van der Waals surface area contributed by atoms with E-state index >= 15 is 0 Å². The summed E-state index contributed by atoms with van der Waals surface area (Å²) in [4.78, 5) is 26.5. The zero-order valence-electron chi connectivity index (χ0n) is 13.6. The average Bonchev–Trinajstić information content (AvgIpc) is 2.97. The number of fused-ring (bicyclic) bond motifs is 1. The summed E-state index contributed by atoms with van der Waals surface area (Å²) in [5.41, 5.74) is 1.40. The van der Waals surface area contributed by atoms with Gasteiger partial charge in [0.1, 0.15) is 6.33 Å². The number of hydrogen-bond acceptors (Lipinski definition) is 5. The Morgan fingerprint density at radius 3 is 3.00 bits per heavy atom. The molecule has 1 aliphatic rings. The van der Waals surface area contributed by atoms with Crippen LogP contribution in [0.5, 0.6) is 0 Å². The van der Waals surface area contributed by atoms with E-state index in [1.807, 2.05) is 42.7 Å².